The Morgan fingerprint density at radius 2 is 2.07 bits per heavy atom. The first kappa shape index (κ1) is 9.24. The van der Waals surface area contributed by atoms with Gasteiger partial charge in [0.1, 0.15) is 5.82 Å². The summed E-state index contributed by atoms with van der Waals surface area (Å²) in [7, 11) is 0. The molecular weight excluding hydrogens is 198 g/mol. The highest BCUT2D eigenvalue weighted by Gasteiger charge is 2.02. The van der Waals surface area contributed by atoms with Gasteiger partial charge in [0.05, 0.1) is 5.52 Å². The Labute approximate surface area is 86.7 Å². The third-order valence-electron chi connectivity index (χ3n) is 2.11. The van der Waals surface area contributed by atoms with Crippen LogP contribution in [0.3, 0.4) is 0 Å². The molecule has 0 saturated carbocycles. The lowest BCUT2D eigenvalue weighted by molar-refractivity contribution is 1.06. The highest BCUT2D eigenvalue weighted by molar-refractivity contribution is 6.31. The van der Waals surface area contributed by atoms with E-state index in [0.717, 1.165) is 16.5 Å². The van der Waals surface area contributed by atoms with Crippen LogP contribution in [0, 0.1) is 0 Å². The van der Waals surface area contributed by atoms with E-state index in [0.29, 0.717) is 17.4 Å². The maximum atomic E-state index is 5.86. The first-order valence-electron chi connectivity index (χ1n) is 4.25. The number of benzene rings is 1. The second-order valence-corrected chi connectivity index (χ2v) is 3.51. The van der Waals surface area contributed by atoms with Crippen molar-refractivity contribution >= 4 is 28.3 Å². The maximum absolute atomic E-state index is 5.86. The molecule has 0 unspecified atom stereocenters. The largest absolute Gasteiger partial charge is 0.383 e. The van der Waals surface area contributed by atoms with Crippen LogP contribution < -0.4 is 11.5 Å². The number of fused-ring (bicyclic) bond motifs is 1. The molecule has 0 atom stereocenters. The van der Waals surface area contributed by atoms with Crippen molar-refractivity contribution in [1.82, 2.24) is 4.98 Å². The fourth-order valence-corrected chi connectivity index (χ4v) is 1.55. The van der Waals surface area contributed by atoms with Crippen molar-refractivity contribution in [2.24, 2.45) is 5.73 Å². The average molecular weight is 208 g/mol. The van der Waals surface area contributed by atoms with E-state index in [1.165, 1.54) is 0 Å². The molecule has 72 valence electrons. The minimum absolute atomic E-state index is 0.390. The van der Waals surface area contributed by atoms with Crippen LogP contribution in [-0.2, 0) is 6.54 Å². The lowest BCUT2D eigenvalue weighted by atomic mass is 10.1. The third kappa shape index (κ3) is 1.52. The Bertz CT molecular complexity index is 482. The van der Waals surface area contributed by atoms with Crippen LogP contribution in [0.4, 0.5) is 5.82 Å². The van der Waals surface area contributed by atoms with Crippen molar-refractivity contribution < 1.29 is 0 Å². The average Bonchev–Trinajstić information content (AvgIpc) is 2.17. The van der Waals surface area contributed by atoms with E-state index in [2.05, 4.69) is 4.98 Å². The van der Waals surface area contributed by atoms with Gasteiger partial charge in [-0.2, -0.15) is 0 Å². The summed E-state index contributed by atoms with van der Waals surface area (Å²) in [6.07, 6.45) is 0. The van der Waals surface area contributed by atoms with E-state index in [1.54, 1.807) is 6.07 Å². The van der Waals surface area contributed by atoms with E-state index < -0.39 is 0 Å². The second kappa shape index (κ2) is 3.44. The van der Waals surface area contributed by atoms with Gasteiger partial charge >= 0.3 is 0 Å². The lowest BCUT2D eigenvalue weighted by Crippen LogP contribution is -2.03. The molecule has 14 heavy (non-hydrogen) atoms. The number of rotatable bonds is 1. The van der Waals surface area contributed by atoms with Crippen LogP contribution in [-0.4, -0.2) is 4.98 Å². The third-order valence-corrected chi connectivity index (χ3v) is 2.34. The maximum Gasteiger partial charge on any atom is 0.128 e. The number of nitrogen functional groups attached to an aromatic ring is 1. The van der Waals surface area contributed by atoms with Gasteiger partial charge in [-0.3, -0.25) is 0 Å². The molecule has 1 aromatic carbocycles. The molecule has 0 aliphatic carbocycles. The normalized spacial score (nSPS) is 10.7. The zero-order chi connectivity index (χ0) is 10.1. The molecule has 0 radical (unpaired) electrons. The highest BCUT2D eigenvalue weighted by atomic mass is 35.5. The van der Waals surface area contributed by atoms with Crippen LogP contribution >= 0.6 is 11.6 Å². The summed E-state index contributed by atoms with van der Waals surface area (Å²) in [5.74, 6) is 0.488. The van der Waals surface area contributed by atoms with E-state index in [-0.39, 0.29) is 0 Å². The summed E-state index contributed by atoms with van der Waals surface area (Å²) < 4.78 is 0. The Hall–Kier alpha value is -1.32. The number of nitrogens with zero attached hydrogens (tertiary/aromatic N) is 1. The van der Waals surface area contributed by atoms with Crippen molar-refractivity contribution in [2.45, 2.75) is 6.54 Å². The van der Waals surface area contributed by atoms with Gasteiger partial charge in [-0.05, 0) is 24.3 Å². The molecule has 0 aliphatic heterocycles. The molecule has 3 nitrogen and oxygen atoms in total. The molecule has 1 aromatic heterocycles. The van der Waals surface area contributed by atoms with E-state index in [4.69, 9.17) is 23.1 Å². The van der Waals surface area contributed by atoms with E-state index in [9.17, 15) is 0 Å². The number of halogens is 1. The summed E-state index contributed by atoms with van der Waals surface area (Å²) in [5.41, 5.74) is 12.9. The Kier molecular flexibility index (Phi) is 2.27. The summed E-state index contributed by atoms with van der Waals surface area (Å²) >= 11 is 5.86. The Morgan fingerprint density at radius 1 is 1.29 bits per heavy atom. The molecule has 0 bridgehead atoms. The minimum atomic E-state index is 0.390. The van der Waals surface area contributed by atoms with Gasteiger partial charge in [0, 0.05) is 22.5 Å². The molecule has 2 aromatic rings. The fourth-order valence-electron chi connectivity index (χ4n) is 1.37. The first-order chi connectivity index (χ1) is 6.70. The van der Waals surface area contributed by atoms with Crippen molar-refractivity contribution in [3.8, 4) is 0 Å². The van der Waals surface area contributed by atoms with Crippen molar-refractivity contribution in [1.29, 1.82) is 0 Å². The topological polar surface area (TPSA) is 64.9 Å². The van der Waals surface area contributed by atoms with Gasteiger partial charge in [-0.25, -0.2) is 4.98 Å². The van der Waals surface area contributed by atoms with Gasteiger partial charge in [0.15, 0.2) is 0 Å². The van der Waals surface area contributed by atoms with E-state index >= 15 is 0 Å². The molecule has 4 N–H and O–H groups in total. The van der Waals surface area contributed by atoms with Crippen molar-refractivity contribution in [3.05, 3.63) is 34.9 Å². The molecule has 0 spiro atoms. The smallest absolute Gasteiger partial charge is 0.128 e. The minimum Gasteiger partial charge on any atom is -0.383 e. The number of nitrogens with two attached hydrogens (primary N) is 2. The van der Waals surface area contributed by atoms with Crippen molar-refractivity contribution in [3.63, 3.8) is 0 Å². The first-order valence-corrected chi connectivity index (χ1v) is 4.63. The predicted octanol–water partition coefficient (Wildman–Crippen LogP) is 1.93. The van der Waals surface area contributed by atoms with Crippen molar-refractivity contribution in [2.75, 3.05) is 5.73 Å². The van der Waals surface area contributed by atoms with Gasteiger partial charge in [-0.1, -0.05) is 11.6 Å². The zero-order valence-electron chi connectivity index (χ0n) is 7.50. The Balaban J connectivity index is 2.73. The monoisotopic (exact) mass is 207 g/mol. The SMILES string of the molecule is NCc1cc2cc(Cl)ccc2nc1N. The molecule has 4 heteroatoms. The lowest BCUT2D eigenvalue weighted by Gasteiger charge is -2.04. The van der Waals surface area contributed by atoms with Gasteiger partial charge in [0.2, 0.25) is 0 Å². The molecule has 0 fully saturated rings. The van der Waals surface area contributed by atoms with Gasteiger partial charge in [-0.15, -0.1) is 0 Å². The van der Waals surface area contributed by atoms with Crippen LogP contribution in [0.25, 0.3) is 10.9 Å². The van der Waals surface area contributed by atoms with Gasteiger partial charge < -0.3 is 11.5 Å². The number of anilines is 1. The zero-order valence-corrected chi connectivity index (χ0v) is 8.25. The molecule has 0 amide bonds. The molecular formula is C10H10ClN3. The van der Waals surface area contributed by atoms with Crippen LogP contribution in [0.1, 0.15) is 5.56 Å². The molecule has 1 heterocycles. The summed E-state index contributed by atoms with van der Waals surface area (Å²) in [6.45, 7) is 0.390. The predicted molar refractivity (Wildman–Crippen MR) is 59.1 cm³/mol. The van der Waals surface area contributed by atoms with Gasteiger partial charge in [0.25, 0.3) is 0 Å². The van der Waals surface area contributed by atoms with E-state index in [1.807, 2.05) is 18.2 Å². The van der Waals surface area contributed by atoms with Crippen LogP contribution in [0.5, 0.6) is 0 Å². The Morgan fingerprint density at radius 3 is 2.79 bits per heavy atom. The number of hydrogen-bond donors (Lipinski definition) is 2. The summed E-state index contributed by atoms with van der Waals surface area (Å²) in [5, 5.41) is 1.65. The number of hydrogen-bond acceptors (Lipinski definition) is 3. The molecule has 2 rings (SSSR count). The molecule has 0 aliphatic rings. The number of pyridine rings is 1. The standard InChI is InChI=1S/C10H10ClN3/c11-8-1-2-9-6(4-8)3-7(5-12)10(13)14-9/h1-4H,5,12H2,(H2,13,14). The van der Waals surface area contributed by atoms with Crippen LogP contribution in [0.15, 0.2) is 24.3 Å². The highest BCUT2D eigenvalue weighted by Crippen LogP contribution is 2.21. The van der Waals surface area contributed by atoms with Crippen LogP contribution in [0.2, 0.25) is 5.02 Å². The second-order valence-electron chi connectivity index (χ2n) is 3.07. The summed E-state index contributed by atoms with van der Waals surface area (Å²) in [4.78, 5) is 4.23. The quantitative estimate of drug-likeness (QED) is 0.751. The summed E-state index contributed by atoms with van der Waals surface area (Å²) in [6, 6.07) is 7.40. The molecule has 0 saturated heterocycles. The fraction of sp³-hybridized carbons (Fsp3) is 0.100. The number of aromatic nitrogens is 1.